The first kappa shape index (κ1) is 8.63. The van der Waals surface area contributed by atoms with Gasteiger partial charge in [0.2, 0.25) is 5.12 Å². The van der Waals surface area contributed by atoms with Crippen molar-refractivity contribution in [1.29, 1.82) is 0 Å². The quantitative estimate of drug-likeness (QED) is 0.635. The van der Waals surface area contributed by atoms with Crippen molar-refractivity contribution >= 4 is 16.9 Å². The second-order valence-electron chi connectivity index (χ2n) is 3.39. The predicted molar refractivity (Wildman–Crippen MR) is 53.1 cm³/mol. The molecular weight excluding hydrogens is 184 g/mol. The van der Waals surface area contributed by atoms with E-state index in [0.29, 0.717) is 11.3 Å². The molecule has 1 aliphatic heterocycles. The van der Waals surface area contributed by atoms with Gasteiger partial charge in [0.05, 0.1) is 5.56 Å². The highest BCUT2D eigenvalue weighted by Gasteiger charge is 2.32. The molecule has 0 aliphatic carbocycles. The molecule has 3 heteroatoms. The van der Waals surface area contributed by atoms with E-state index in [1.54, 1.807) is 6.07 Å². The van der Waals surface area contributed by atoms with Crippen LogP contribution >= 0.6 is 11.8 Å². The Morgan fingerprint density at radius 1 is 1.31 bits per heavy atom. The molecule has 1 aliphatic rings. The Morgan fingerprint density at radius 2 is 2.00 bits per heavy atom. The second-order valence-corrected chi connectivity index (χ2v) is 4.95. The van der Waals surface area contributed by atoms with Crippen LogP contribution in [0.25, 0.3) is 0 Å². The maximum atomic E-state index is 11.6. The minimum atomic E-state index is -0.439. The summed E-state index contributed by atoms with van der Waals surface area (Å²) in [6, 6.07) is 7.34. The zero-order valence-electron chi connectivity index (χ0n) is 7.53. The largest absolute Gasteiger partial charge is 0.476 e. The third-order valence-corrected chi connectivity index (χ3v) is 2.78. The molecule has 68 valence electrons. The highest BCUT2D eigenvalue weighted by atomic mass is 32.2. The summed E-state index contributed by atoms with van der Waals surface area (Å²) in [5.41, 5.74) is 0.673. The molecule has 0 saturated carbocycles. The minimum absolute atomic E-state index is 0.0897. The molecular formula is C10H10O2S. The lowest BCUT2D eigenvalue weighted by Crippen LogP contribution is -2.30. The summed E-state index contributed by atoms with van der Waals surface area (Å²) < 4.78 is 5.63. The summed E-state index contributed by atoms with van der Waals surface area (Å²) in [4.78, 5) is 11.1. The fraction of sp³-hybridized carbons (Fsp3) is 0.300. The number of benzene rings is 1. The van der Waals surface area contributed by atoms with Gasteiger partial charge in [-0.25, -0.2) is 0 Å². The number of ether oxygens (including phenoxy) is 1. The van der Waals surface area contributed by atoms with Crippen LogP contribution in [0, 0.1) is 0 Å². The number of carbonyl (C=O) groups excluding carboxylic acids is 1. The van der Waals surface area contributed by atoms with Crippen molar-refractivity contribution in [1.82, 2.24) is 0 Å². The van der Waals surface area contributed by atoms with Crippen molar-refractivity contribution in [3.05, 3.63) is 29.8 Å². The average molecular weight is 194 g/mol. The first-order valence-corrected chi connectivity index (χ1v) is 4.91. The molecule has 0 bridgehead atoms. The number of carbonyl (C=O) groups is 1. The van der Waals surface area contributed by atoms with Crippen molar-refractivity contribution in [2.75, 3.05) is 0 Å². The topological polar surface area (TPSA) is 26.3 Å². The van der Waals surface area contributed by atoms with Crippen molar-refractivity contribution in [2.45, 2.75) is 18.8 Å². The summed E-state index contributed by atoms with van der Waals surface area (Å²) in [7, 11) is 0. The minimum Gasteiger partial charge on any atom is -0.476 e. The number of para-hydroxylation sites is 1. The summed E-state index contributed by atoms with van der Waals surface area (Å²) in [6.07, 6.45) is 0. The van der Waals surface area contributed by atoms with Gasteiger partial charge < -0.3 is 4.74 Å². The van der Waals surface area contributed by atoms with E-state index in [-0.39, 0.29) is 5.12 Å². The normalized spacial score (nSPS) is 19.1. The molecule has 0 N–H and O–H groups in total. The molecule has 0 amide bonds. The number of thioether (sulfide) groups is 1. The molecule has 0 fully saturated rings. The number of fused-ring (bicyclic) bond motifs is 1. The highest BCUT2D eigenvalue weighted by molar-refractivity contribution is 8.15. The fourth-order valence-electron chi connectivity index (χ4n) is 1.29. The van der Waals surface area contributed by atoms with Gasteiger partial charge in [-0.2, -0.15) is 0 Å². The van der Waals surface area contributed by atoms with E-state index in [4.69, 9.17) is 4.74 Å². The lowest BCUT2D eigenvalue weighted by molar-refractivity contribution is 0.105. The molecule has 2 nitrogen and oxygen atoms in total. The maximum Gasteiger partial charge on any atom is 0.226 e. The average Bonchev–Trinajstić information content (AvgIpc) is 2.02. The van der Waals surface area contributed by atoms with Crippen LogP contribution in [0.3, 0.4) is 0 Å². The number of rotatable bonds is 0. The van der Waals surface area contributed by atoms with E-state index in [1.807, 2.05) is 32.0 Å². The Morgan fingerprint density at radius 3 is 2.77 bits per heavy atom. The second kappa shape index (κ2) is 2.77. The molecule has 0 atom stereocenters. The molecule has 0 spiro atoms. The fourth-order valence-corrected chi connectivity index (χ4v) is 2.14. The monoisotopic (exact) mass is 194 g/mol. The maximum absolute atomic E-state index is 11.6. The molecule has 1 aromatic rings. The first-order chi connectivity index (χ1) is 6.08. The van der Waals surface area contributed by atoms with Crippen LogP contribution in [0.4, 0.5) is 0 Å². The van der Waals surface area contributed by atoms with Gasteiger partial charge in [-0.1, -0.05) is 12.1 Å². The lowest BCUT2D eigenvalue weighted by Gasteiger charge is -2.30. The van der Waals surface area contributed by atoms with Crippen LogP contribution in [0.15, 0.2) is 24.3 Å². The number of hydrogen-bond donors (Lipinski definition) is 0. The standard InChI is InChI=1S/C10H10O2S/c1-10(2)12-8-6-4-3-5-7(8)9(11)13-10/h3-6H,1-2H3. The van der Waals surface area contributed by atoms with Crippen molar-refractivity contribution in [3.8, 4) is 5.75 Å². The Kier molecular flexibility index (Phi) is 1.84. The zero-order chi connectivity index (χ0) is 9.47. The Hall–Kier alpha value is -0.960. The molecule has 1 aromatic carbocycles. The molecule has 0 saturated heterocycles. The van der Waals surface area contributed by atoms with Crippen LogP contribution < -0.4 is 4.74 Å². The summed E-state index contributed by atoms with van der Waals surface area (Å²) in [6.45, 7) is 3.79. The molecule has 0 aromatic heterocycles. The smallest absolute Gasteiger partial charge is 0.226 e. The number of hydrogen-bond acceptors (Lipinski definition) is 3. The molecule has 13 heavy (non-hydrogen) atoms. The van der Waals surface area contributed by atoms with Crippen molar-refractivity contribution < 1.29 is 9.53 Å². The van der Waals surface area contributed by atoms with Gasteiger partial charge >= 0.3 is 0 Å². The van der Waals surface area contributed by atoms with Gasteiger partial charge in [0.1, 0.15) is 5.75 Å². The third-order valence-electron chi connectivity index (χ3n) is 1.80. The van der Waals surface area contributed by atoms with Crippen LogP contribution in [-0.4, -0.2) is 10.0 Å². The van der Waals surface area contributed by atoms with E-state index >= 15 is 0 Å². The molecule has 0 radical (unpaired) electrons. The predicted octanol–water partition coefficient (Wildman–Crippen LogP) is 2.69. The van der Waals surface area contributed by atoms with Crippen LogP contribution in [-0.2, 0) is 0 Å². The van der Waals surface area contributed by atoms with Gasteiger partial charge in [0, 0.05) is 0 Å². The highest BCUT2D eigenvalue weighted by Crippen LogP contribution is 2.39. The molecule has 0 unspecified atom stereocenters. The van der Waals surface area contributed by atoms with E-state index in [0.717, 1.165) is 0 Å². The van der Waals surface area contributed by atoms with Crippen molar-refractivity contribution in [3.63, 3.8) is 0 Å². The summed E-state index contributed by atoms with van der Waals surface area (Å²) in [5.74, 6) is 0.691. The van der Waals surface area contributed by atoms with Gasteiger partial charge in [-0.15, -0.1) is 0 Å². The van der Waals surface area contributed by atoms with E-state index in [9.17, 15) is 4.79 Å². The zero-order valence-corrected chi connectivity index (χ0v) is 8.35. The van der Waals surface area contributed by atoms with Gasteiger partial charge in [-0.3, -0.25) is 4.79 Å². The van der Waals surface area contributed by atoms with Gasteiger partial charge in [0.15, 0.2) is 4.93 Å². The van der Waals surface area contributed by atoms with E-state index < -0.39 is 4.93 Å². The van der Waals surface area contributed by atoms with E-state index in [2.05, 4.69) is 0 Å². The van der Waals surface area contributed by atoms with E-state index in [1.165, 1.54) is 11.8 Å². The van der Waals surface area contributed by atoms with Gasteiger partial charge in [0.25, 0.3) is 0 Å². The summed E-state index contributed by atoms with van der Waals surface area (Å²) in [5, 5.41) is 0.0897. The molecule has 1 heterocycles. The van der Waals surface area contributed by atoms with Crippen molar-refractivity contribution in [2.24, 2.45) is 0 Å². The Labute approximate surface area is 81.3 Å². The van der Waals surface area contributed by atoms with Gasteiger partial charge in [-0.05, 0) is 37.7 Å². The first-order valence-electron chi connectivity index (χ1n) is 4.10. The lowest BCUT2D eigenvalue weighted by atomic mass is 10.2. The van der Waals surface area contributed by atoms with Crippen LogP contribution in [0.2, 0.25) is 0 Å². The molecule has 2 rings (SSSR count). The SMILES string of the molecule is CC1(C)Oc2ccccc2C(=O)S1. The Balaban J connectivity index is 2.49. The summed E-state index contributed by atoms with van der Waals surface area (Å²) >= 11 is 1.23. The third kappa shape index (κ3) is 1.56. The van der Waals surface area contributed by atoms with Crippen LogP contribution in [0.1, 0.15) is 24.2 Å². The Bertz CT molecular complexity index is 358. The van der Waals surface area contributed by atoms with Crippen LogP contribution in [0.5, 0.6) is 5.75 Å².